The van der Waals surface area contributed by atoms with E-state index in [1.165, 1.54) is 35.3 Å². The molecule has 1 aromatic heterocycles. The first-order chi connectivity index (χ1) is 22.3. The number of rotatable bonds is 9. The van der Waals surface area contributed by atoms with Gasteiger partial charge in [0.15, 0.2) is 11.6 Å². The van der Waals surface area contributed by atoms with Gasteiger partial charge in [-0.05, 0) is 86.2 Å². The molecule has 0 unspecified atom stereocenters. The summed E-state index contributed by atoms with van der Waals surface area (Å²) in [7, 11) is 0. The molecule has 2 aromatic carbocycles. The predicted octanol–water partition coefficient (Wildman–Crippen LogP) is 5.77. The first-order valence-electron chi connectivity index (χ1n) is 16.6. The molecular weight excluding hydrogens is 586 g/mol. The van der Waals surface area contributed by atoms with Crippen LogP contribution in [0.5, 0.6) is 6.01 Å². The summed E-state index contributed by atoms with van der Waals surface area (Å²) in [5.41, 5.74) is 4.29. The summed E-state index contributed by atoms with van der Waals surface area (Å²) in [4.78, 5) is 31.4. The van der Waals surface area contributed by atoms with E-state index in [9.17, 15) is 9.18 Å². The van der Waals surface area contributed by atoms with Crippen molar-refractivity contribution < 1.29 is 18.3 Å². The molecule has 2 aliphatic heterocycles. The number of hydrogen-bond donors (Lipinski definition) is 0. The third kappa shape index (κ3) is 5.19. The summed E-state index contributed by atoms with van der Waals surface area (Å²) in [6.45, 7) is 15.1. The molecular formula is C36H38F2N6O2. The Morgan fingerprint density at radius 1 is 1.11 bits per heavy atom. The van der Waals surface area contributed by atoms with Crippen LogP contribution in [-0.2, 0) is 11.2 Å². The number of benzene rings is 2. The van der Waals surface area contributed by atoms with Crippen molar-refractivity contribution in [2.24, 2.45) is 11.3 Å². The number of amides is 1. The zero-order valence-corrected chi connectivity index (χ0v) is 26.0. The fourth-order valence-electron chi connectivity index (χ4n) is 8.08. The molecule has 8 nitrogen and oxygen atoms in total. The largest absolute Gasteiger partial charge is 0.463 e. The van der Waals surface area contributed by atoms with E-state index in [0.717, 1.165) is 44.5 Å². The molecule has 2 saturated carbocycles. The van der Waals surface area contributed by atoms with Gasteiger partial charge in [0, 0.05) is 42.5 Å². The second-order valence-electron chi connectivity index (χ2n) is 13.9. The molecule has 3 atom stereocenters. The van der Waals surface area contributed by atoms with Gasteiger partial charge >= 0.3 is 6.01 Å². The summed E-state index contributed by atoms with van der Waals surface area (Å²) >= 11 is 0. The maximum Gasteiger partial charge on any atom is 0.319 e. The van der Waals surface area contributed by atoms with Crippen molar-refractivity contribution in [1.82, 2.24) is 19.8 Å². The fourth-order valence-corrected chi connectivity index (χ4v) is 8.08. The topological polar surface area (TPSA) is 66.2 Å². The van der Waals surface area contributed by atoms with Crippen LogP contribution in [0.15, 0.2) is 42.7 Å². The van der Waals surface area contributed by atoms with Crippen LogP contribution in [0.25, 0.3) is 26.9 Å². The van der Waals surface area contributed by atoms with Gasteiger partial charge in [-0.3, -0.25) is 4.79 Å². The average molecular weight is 625 g/mol. The molecule has 0 spiro atoms. The van der Waals surface area contributed by atoms with Crippen molar-refractivity contribution in [3.05, 3.63) is 71.1 Å². The SMILES string of the molecule is [C-]#[N+]C[C@H]1CN(c2nc(OCC3(CN4CCCC4)CC3)nc3c(F)c(-c4cccc5c4C[C@@H]4C[C@H]54)ccc23)CCN1C(=O)C(=C)F. The Bertz CT molecular complexity index is 1780. The van der Waals surface area contributed by atoms with Gasteiger partial charge in [-0.15, -0.1) is 0 Å². The van der Waals surface area contributed by atoms with Crippen LogP contribution >= 0.6 is 0 Å². The van der Waals surface area contributed by atoms with Crippen molar-refractivity contribution >= 4 is 22.6 Å². The standard InChI is InChI=1S/C36H38F2N6O2/c1-22(37)34(45)44-15-14-43(19-24(44)18-39-2)33-28-9-8-27(25-6-5-7-26-29-16-23(29)17-30(25)26)31(38)32(28)40-35(41-33)46-21-36(10-11-36)20-42-12-3-4-13-42/h5-9,23-24,29H,1,3-4,10-21H2/t23-,24-,29-/m0/s1. The summed E-state index contributed by atoms with van der Waals surface area (Å²) in [5.74, 6) is -0.484. The minimum Gasteiger partial charge on any atom is -0.463 e. The summed E-state index contributed by atoms with van der Waals surface area (Å²) < 4.78 is 36.9. The number of nitrogens with zero attached hydrogens (tertiary/aromatic N) is 6. The first-order valence-corrected chi connectivity index (χ1v) is 16.6. The van der Waals surface area contributed by atoms with Gasteiger partial charge in [-0.25, -0.2) is 15.4 Å². The third-order valence-corrected chi connectivity index (χ3v) is 10.9. The van der Waals surface area contributed by atoms with Crippen molar-refractivity contribution in [2.75, 3.05) is 57.3 Å². The van der Waals surface area contributed by atoms with Gasteiger partial charge in [-0.2, -0.15) is 9.97 Å². The van der Waals surface area contributed by atoms with Crippen LogP contribution in [0.4, 0.5) is 14.6 Å². The Morgan fingerprint density at radius 2 is 1.93 bits per heavy atom. The van der Waals surface area contributed by atoms with Crippen molar-refractivity contribution in [3.63, 3.8) is 0 Å². The zero-order valence-electron chi connectivity index (χ0n) is 26.0. The lowest BCUT2D eigenvalue weighted by Gasteiger charge is -2.39. The van der Waals surface area contributed by atoms with Gasteiger partial charge in [-0.1, -0.05) is 30.8 Å². The van der Waals surface area contributed by atoms with Crippen LogP contribution in [0.1, 0.15) is 49.1 Å². The third-order valence-electron chi connectivity index (χ3n) is 10.9. The highest BCUT2D eigenvalue weighted by atomic mass is 19.1. The molecule has 46 heavy (non-hydrogen) atoms. The smallest absolute Gasteiger partial charge is 0.319 e. The molecule has 5 aliphatic rings. The number of carbonyl (C=O) groups excluding carboxylic acids is 1. The fraction of sp³-hybridized carbons (Fsp3) is 0.500. The van der Waals surface area contributed by atoms with E-state index in [1.807, 2.05) is 29.2 Å². The highest BCUT2D eigenvalue weighted by Crippen LogP contribution is 2.58. The highest BCUT2D eigenvalue weighted by Gasteiger charge is 2.47. The number of anilines is 1. The Kier molecular flexibility index (Phi) is 7.20. The molecule has 1 amide bonds. The molecule has 8 rings (SSSR count). The van der Waals surface area contributed by atoms with Gasteiger partial charge in [0.2, 0.25) is 6.54 Å². The summed E-state index contributed by atoms with van der Waals surface area (Å²) in [5, 5.41) is 0.540. The summed E-state index contributed by atoms with van der Waals surface area (Å²) in [6, 6.07) is 9.47. The van der Waals surface area contributed by atoms with Crippen LogP contribution in [-0.4, -0.2) is 84.1 Å². The second kappa shape index (κ2) is 11.3. The van der Waals surface area contributed by atoms with E-state index in [-0.39, 0.29) is 36.6 Å². The number of carbonyl (C=O) groups is 1. The predicted molar refractivity (Wildman–Crippen MR) is 172 cm³/mol. The quantitative estimate of drug-likeness (QED) is 0.223. The minimum atomic E-state index is -1.05. The van der Waals surface area contributed by atoms with E-state index in [0.29, 0.717) is 41.8 Å². The molecule has 0 radical (unpaired) electrons. The van der Waals surface area contributed by atoms with Crippen molar-refractivity contribution in [1.29, 1.82) is 0 Å². The van der Waals surface area contributed by atoms with Gasteiger partial charge in [0.25, 0.3) is 5.91 Å². The van der Waals surface area contributed by atoms with Gasteiger partial charge < -0.3 is 24.3 Å². The van der Waals surface area contributed by atoms with E-state index < -0.39 is 23.6 Å². The Labute approximate surface area is 267 Å². The molecule has 238 valence electrons. The first kappa shape index (κ1) is 29.3. The molecule has 3 aliphatic carbocycles. The number of piperazine rings is 1. The van der Waals surface area contributed by atoms with Crippen LogP contribution in [0.2, 0.25) is 0 Å². The Morgan fingerprint density at radius 3 is 2.70 bits per heavy atom. The molecule has 10 heteroatoms. The van der Waals surface area contributed by atoms with Gasteiger partial charge in [0.05, 0.1) is 6.61 Å². The number of fused-ring (bicyclic) bond motifs is 4. The molecule has 3 aromatic rings. The van der Waals surface area contributed by atoms with Crippen LogP contribution < -0.4 is 9.64 Å². The average Bonchev–Trinajstić information content (AvgIpc) is 3.91. The van der Waals surface area contributed by atoms with Crippen LogP contribution in [0, 0.1) is 23.7 Å². The Hall–Kier alpha value is -4.10. The van der Waals surface area contributed by atoms with Crippen molar-refractivity contribution in [2.45, 2.75) is 50.5 Å². The van der Waals surface area contributed by atoms with Crippen LogP contribution in [0.3, 0.4) is 0 Å². The molecule has 4 fully saturated rings. The molecule has 2 saturated heterocycles. The molecule has 0 bridgehead atoms. The van der Waals surface area contributed by atoms with E-state index in [4.69, 9.17) is 21.3 Å². The lowest BCUT2D eigenvalue weighted by Crippen LogP contribution is -2.56. The van der Waals surface area contributed by atoms with E-state index in [1.54, 1.807) is 0 Å². The maximum atomic E-state index is 16.8. The monoisotopic (exact) mass is 624 g/mol. The second-order valence-corrected chi connectivity index (χ2v) is 13.9. The van der Waals surface area contributed by atoms with Crippen molar-refractivity contribution in [3.8, 4) is 17.1 Å². The zero-order chi connectivity index (χ0) is 31.6. The number of hydrogen-bond acceptors (Lipinski definition) is 6. The molecule has 0 N–H and O–H groups in total. The number of aromatic nitrogens is 2. The maximum absolute atomic E-state index is 16.8. The highest BCUT2D eigenvalue weighted by molar-refractivity contribution is 5.94. The van der Waals surface area contributed by atoms with E-state index >= 15 is 4.39 Å². The number of halogens is 2. The van der Waals surface area contributed by atoms with Gasteiger partial charge in [0.1, 0.15) is 17.4 Å². The number of likely N-dealkylation sites (tertiary alicyclic amines) is 1. The summed E-state index contributed by atoms with van der Waals surface area (Å²) in [6.07, 6.45) is 6.82. The number of ether oxygens (including phenoxy) is 1. The lowest BCUT2D eigenvalue weighted by atomic mass is 9.93. The Balaban J connectivity index is 1.16. The lowest BCUT2D eigenvalue weighted by molar-refractivity contribution is -0.131. The minimum absolute atomic E-state index is 0.000524. The normalized spacial score (nSPS) is 24.4. The molecule has 3 heterocycles. The van der Waals surface area contributed by atoms with E-state index in [2.05, 4.69) is 22.4 Å².